The molecule has 0 saturated carbocycles. The second-order valence-corrected chi connectivity index (χ2v) is 11.3. The molecule has 0 aliphatic carbocycles. The lowest BCUT2D eigenvalue weighted by Crippen LogP contribution is -2.45. The number of nitrogens with zero attached hydrogens (tertiary/aromatic N) is 2. The number of carbonyl (C=O) groups is 3. The summed E-state index contributed by atoms with van der Waals surface area (Å²) < 4.78 is 32.8. The summed E-state index contributed by atoms with van der Waals surface area (Å²) in [6, 6.07) is 21.5. The zero-order valence-electron chi connectivity index (χ0n) is 21.3. The Bertz CT molecular complexity index is 1470. The van der Waals surface area contributed by atoms with Crippen molar-refractivity contribution in [2.24, 2.45) is 0 Å². The molecule has 39 heavy (non-hydrogen) atoms. The summed E-state index contributed by atoms with van der Waals surface area (Å²) in [5, 5.41) is 5.49. The Morgan fingerprint density at radius 1 is 0.949 bits per heavy atom. The second-order valence-electron chi connectivity index (χ2n) is 9.34. The summed E-state index contributed by atoms with van der Waals surface area (Å²) in [6.45, 7) is 2.29. The van der Waals surface area contributed by atoms with Crippen LogP contribution in [0.5, 0.6) is 0 Å². The van der Waals surface area contributed by atoms with Gasteiger partial charge in [0, 0.05) is 18.8 Å². The molecule has 2 aliphatic heterocycles. The molecule has 0 bridgehead atoms. The van der Waals surface area contributed by atoms with Crippen LogP contribution in [0.1, 0.15) is 16.7 Å². The highest BCUT2D eigenvalue weighted by atomic mass is 32.2. The van der Waals surface area contributed by atoms with E-state index in [9.17, 15) is 22.8 Å². The maximum atomic E-state index is 13.8. The number of hydrogen-bond acceptors (Lipinski definition) is 6. The zero-order valence-corrected chi connectivity index (χ0v) is 22.1. The number of amides is 4. The first-order valence-electron chi connectivity index (χ1n) is 12.5. The molecule has 202 valence electrons. The van der Waals surface area contributed by atoms with Gasteiger partial charge in [-0.1, -0.05) is 66.7 Å². The normalized spacial score (nSPS) is 17.6. The predicted octanol–water partition coefficient (Wildman–Crippen LogP) is 2.45. The fraction of sp³-hybridized carbons (Fsp3) is 0.250. The molecule has 0 radical (unpaired) electrons. The first-order valence-corrected chi connectivity index (χ1v) is 13.9. The van der Waals surface area contributed by atoms with Crippen LogP contribution in [0.2, 0.25) is 0 Å². The molecule has 0 spiro atoms. The van der Waals surface area contributed by atoms with Crippen molar-refractivity contribution < 1.29 is 27.5 Å². The minimum Gasteiger partial charge on any atom is -0.379 e. The van der Waals surface area contributed by atoms with Crippen molar-refractivity contribution in [3.05, 3.63) is 95.6 Å². The van der Waals surface area contributed by atoms with Gasteiger partial charge < -0.3 is 15.4 Å². The number of nitrogens with one attached hydrogen (secondary N) is 2. The summed E-state index contributed by atoms with van der Waals surface area (Å²) in [5.41, 5.74) is 0.550. The summed E-state index contributed by atoms with van der Waals surface area (Å²) in [7, 11) is -3.78. The third-order valence-corrected chi connectivity index (χ3v) is 8.81. The van der Waals surface area contributed by atoms with Gasteiger partial charge in [0.1, 0.15) is 6.54 Å². The van der Waals surface area contributed by atoms with E-state index in [2.05, 4.69) is 10.6 Å². The molecule has 2 saturated heterocycles. The van der Waals surface area contributed by atoms with Crippen LogP contribution in [0.4, 0.5) is 10.5 Å². The summed E-state index contributed by atoms with van der Waals surface area (Å²) in [6.07, 6.45) is 0. The molecule has 11 heteroatoms. The van der Waals surface area contributed by atoms with Gasteiger partial charge in [0.05, 0.1) is 18.1 Å². The summed E-state index contributed by atoms with van der Waals surface area (Å²) in [4.78, 5) is 40.9. The number of morpholine rings is 1. The largest absolute Gasteiger partial charge is 0.379 e. The van der Waals surface area contributed by atoms with Gasteiger partial charge in [-0.05, 0) is 35.7 Å². The molecule has 2 heterocycles. The molecule has 0 unspecified atom stereocenters. The monoisotopic (exact) mass is 548 g/mol. The third kappa shape index (κ3) is 4.91. The smallest absolute Gasteiger partial charge is 0.326 e. The zero-order chi connectivity index (χ0) is 27.6. The van der Waals surface area contributed by atoms with E-state index < -0.39 is 40.0 Å². The highest BCUT2D eigenvalue weighted by molar-refractivity contribution is 7.89. The van der Waals surface area contributed by atoms with Gasteiger partial charge in [0.2, 0.25) is 15.9 Å². The number of rotatable bonds is 7. The first kappa shape index (κ1) is 26.5. The van der Waals surface area contributed by atoms with E-state index in [-0.39, 0.29) is 23.7 Å². The lowest BCUT2D eigenvalue weighted by atomic mass is 9.82. The second kappa shape index (κ2) is 10.6. The van der Waals surface area contributed by atoms with Crippen molar-refractivity contribution in [1.82, 2.24) is 14.5 Å². The average Bonchev–Trinajstić information content (AvgIpc) is 3.21. The number of benzene rings is 3. The molecule has 2 aliphatic rings. The number of anilines is 1. The van der Waals surface area contributed by atoms with Crippen molar-refractivity contribution in [2.75, 3.05) is 38.2 Å². The van der Waals surface area contributed by atoms with E-state index in [4.69, 9.17) is 4.74 Å². The van der Waals surface area contributed by atoms with Crippen molar-refractivity contribution in [3.63, 3.8) is 0 Å². The number of urea groups is 1. The van der Waals surface area contributed by atoms with Crippen LogP contribution >= 0.6 is 0 Å². The van der Waals surface area contributed by atoms with E-state index in [1.165, 1.54) is 16.4 Å². The van der Waals surface area contributed by atoms with E-state index in [0.717, 1.165) is 4.90 Å². The maximum Gasteiger partial charge on any atom is 0.326 e. The molecule has 2 fully saturated rings. The fourth-order valence-electron chi connectivity index (χ4n) is 4.82. The molecule has 2 N–H and O–H groups in total. The van der Waals surface area contributed by atoms with Gasteiger partial charge in [0.15, 0.2) is 5.54 Å². The third-order valence-electron chi connectivity index (χ3n) is 6.91. The quantitative estimate of drug-likeness (QED) is 0.437. The molecule has 4 amide bonds. The van der Waals surface area contributed by atoms with Crippen LogP contribution in [0, 0.1) is 6.92 Å². The number of carbonyl (C=O) groups excluding carboxylic acids is 3. The minimum absolute atomic E-state index is 0.0347. The van der Waals surface area contributed by atoms with Crippen LogP contribution < -0.4 is 10.6 Å². The lowest BCUT2D eigenvalue weighted by Gasteiger charge is -2.28. The Labute approximate surface area is 226 Å². The number of aryl methyl sites for hydroxylation is 1. The van der Waals surface area contributed by atoms with Crippen molar-refractivity contribution >= 4 is 33.6 Å². The Kier molecular flexibility index (Phi) is 7.21. The van der Waals surface area contributed by atoms with Crippen LogP contribution in [-0.4, -0.2) is 68.3 Å². The van der Waals surface area contributed by atoms with Gasteiger partial charge in [-0.2, -0.15) is 4.31 Å². The van der Waals surface area contributed by atoms with E-state index >= 15 is 0 Å². The van der Waals surface area contributed by atoms with Gasteiger partial charge in [-0.3, -0.25) is 14.5 Å². The number of hydrogen-bond donors (Lipinski definition) is 2. The van der Waals surface area contributed by atoms with Crippen LogP contribution in [0.15, 0.2) is 83.8 Å². The Morgan fingerprint density at radius 3 is 2.13 bits per heavy atom. The van der Waals surface area contributed by atoms with E-state index in [1.54, 1.807) is 61.5 Å². The number of sulfonamides is 1. The molecule has 3 aromatic carbocycles. The highest BCUT2D eigenvalue weighted by Crippen LogP contribution is 2.36. The Balaban J connectivity index is 1.39. The molecule has 10 nitrogen and oxygen atoms in total. The first-order chi connectivity index (χ1) is 18.7. The summed E-state index contributed by atoms with van der Waals surface area (Å²) >= 11 is 0. The SMILES string of the molecule is Cc1ccc(S(=O)(=O)N2CCOCC2)cc1NC(=O)CN1C(=O)NC(c2ccccc2)(c2ccccc2)C1=O. The van der Waals surface area contributed by atoms with Gasteiger partial charge >= 0.3 is 6.03 Å². The average molecular weight is 549 g/mol. The molecular formula is C28H28N4O6S. The number of ether oxygens (including phenoxy) is 1. The standard InChI is InChI=1S/C28H28N4O6S/c1-20-12-13-23(39(36,37)31-14-16-38-17-15-31)18-24(20)29-25(33)19-32-26(34)28(30-27(32)35,21-8-4-2-5-9-21)22-10-6-3-7-11-22/h2-13,18H,14-17,19H2,1H3,(H,29,33)(H,30,35). The van der Waals surface area contributed by atoms with Crippen molar-refractivity contribution in [2.45, 2.75) is 17.4 Å². The van der Waals surface area contributed by atoms with Gasteiger partial charge in [-0.15, -0.1) is 0 Å². The topological polar surface area (TPSA) is 125 Å². The highest BCUT2D eigenvalue weighted by Gasteiger charge is 2.54. The van der Waals surface area contributed by atoms with E-state index in [1.807, 2.05) is 12.1 Å². The minimum atomic E-state index is -3.78. The maximum absolute atomic E-state index is 13.8. The molecule has 0 aromatic heterocycles. The van der Waals surface area contributed by atoms with Crippen LogP contribution in [0.25, 0.3) is 0 Å². The molecule has 0 atom stereocenters. The van der Waals surface area contributed by atoms with Gasteiger partial charge in [0.25, 0.3) is 5.91 Å². The Hall–Kier alpha value is -4.06. The molecule has 3 aromatic rings. The summed E-state index contributed by atoms with van der Waals surface area (Å²) in [5.74, 6) is -1.22. The van der Waals surface area contributed by atoms with E-state index in [0.29, 0.717) is 29.9 Å². The lowest BCUT2D eigenvalue weighted by molar-refractivity contribution is -0.133. The van der Waals surface area contributed by atoms with Crippen LogP contribution in [0.3, 0.4) is 0 Å². The Morgan fingerprint density at radius 2 is 1.54 bits per heavy atom. The van der Waals surface area contributed by atoms with Crippen LogP contribution in [-0.2, 0) is 29.9 Å². The molecule has 5 rings (SSSR count). The number of imide groups is 1. The van der Waals surface area contributed by atoms with Crippen molar-refractivity contribution in [1.29, 1.82) is 0 Å². The van der Waals surface area contributed by atoms with Gasteiger partial charge in [-0.25, -0.2) is 13.2 Å². The fourth-order valence-corrected chi connectivity index (χ4v) is 6.25. The van der Waals surface area contributed by atoms with Crippen molar-refractivity contribution in [3.8, 4) is 0 Å². The molecular weight excluding hydrogens is 520 g/mol. The predicted molar refractivity (Wildman–Crippen MR) is 143 cm³/mol.